The molecule has 0 saturated heterocycles. The second-order valence-electron chi connectivity index (χ2n) is 6.17. The molecule has 3 aromatic rings. The van der Waals surface area contributed by atoms with Crippen LogP contribution in [0.2, 0.25) is 0 Å². The van der Waals surface area contributed by atoms with Gasteiger partial charge >= 0.3 is 0 Å². The van der Waals surface area contributed by atoms with Gasteiger partial charge in [-0.05, 0) is 65.4 Å². The summed E-state index contributed by atoms with van der Waals surface area (Å²) in [6.45, 7) is 0. The summed E-state index contributed by atoms with van der Waals surface area (Å²) in [4.78, 5) is 13.5. The minimum atomic E-state index is 0.0237. The number of thiophene rings is 1. The highest BCUT2D eigenvalue weighted by atomic mass is 32.1. The molecule has 120 valence electrons. The Bertz CT molecular complexity index is 849. The maximum absolute atomic E-state index is 12.6. The van der Waals surface area contributed by atoms with Crippen LogP contribution >= 0.6 is 11.3 Å². The van der Waals surface area contributed by atoms with Gasteiger partial charge in [0.2, 0.25) is 0 Å². The van der Waals surface area contributed by atoms with Crippen LogP contribution in [0, 0.1) is 0 Å². The number of hydrogen-bond donors (Lipinski definition) is 1. The van der Waals surface area contributed by atoms with Gasteiger partial charge in [-0.2, -0.15) is 0 Å². The maximum Gasteiger partial charge on any atom is 0.266 e. The number of carbonyl (C=O) groups excluding carboxylic acids is 1. The lowest BCUT2D eigenvalue weighted by Gasteiger charge is -2.13. The van der Waals surface area contributed by atoms with Crippen LogP contribution in [0.5, 0.6) is 0 Å². The van der Waals surface area contributed by atoms with Gasteiger partial charge < -0.3 is 5.32 Å². The van der Waals surface area contributed by atoms with E-state index in [1.807, 2.05) is 30.3 Å². The highest BCUT2D eigenvalue weighted by molar-refractivity contribution is 7.12. The zero-order valence-corrected chi connectivity index (χ0v) is 14.2. The number of anilines is 1. The van der Waals surface area contributed by atoms with E-state index >= 15 is 0 Å². The van der Waals surface area contributed by atoms with Crippen LogP contribution in [0.25, 0.3) is 11.1 Å². The third kappa shape index (κ3) is 3.00. The average Bonchev–Trinajstić information content (AvgIpc) is 3.07. The lowest BCUT2D eigenvalue weighted by molar-refractivity contribution is 0.102. The lowest BCUT2D eigenvalue weighted by Crippen LogP contribution is -2.13. The van der Waals surface area contributed by atoms with Gasteiger partial charge in [-0.25, -0.2) is 0 Å². The van der Waals surface area contributed by atoms with Crippen molar-refractivity contribution in [3.63, 3.8) is 0 Å². The van der Waals surface area contributed by atoms with Gasteiger partial charge in [-0.3, -0.25) is 4.79 Å². The van der Waals surface area contributed by atoms with E-state index in [-0.39, 0.29) is 5.91 Å². The summed E-state index contributed by atoms with van der Waals surface area (Å²) < 4.78 is 0. The van der Waals surface area contributed by atoms with Gasteiger partial charge in [0, 0.05) is 5.69 Å². The fourth-order valence-electron chi connectivity index (χ4n) is 3.27. The topological polar surface area (TPSA) is 29.1 Å². The van der Waals surface area contributed by atoms with Gasteiger partial charge in [0.05, 0.1) is 4.88 Å². The number of amides is 1. The van der Waals surface area contributed by atoms with E-state index in [4.69, 9.17) is 0 Å². The molecule has 0 unspecified atom stereocenters. The number of aryl methyl sites for hydroxylation is 1. The largest absolute Gasteiger partial charge is 0.321 e. The zero-order chi connectivity index (χ0) is 16.4. The molecule has 3 heteroatoms. The Morgan fingerprint density at radius 2 is 1.58 bits per heavy atom. The first-order chi connectivity index (χ1) is 11.8. The summed E-state index contributed by atoms with van der Waals surface area (Å²) in [5, 5.41) is 5.20. The monoisotopic (exact) mass is 333 g/mol. The first-order valence-corrected chi connectivity index (χ1v) is 9.25. The molecule has 1 heterocycles. The SMILES string of the molecule is O=C(Nc1ccc(-c2ccccc2)cc1)c1scc2c1CCCC2. The molecule has 2 nitrogen and oxygen atoms in total. The Hall–Kier alpha value is -2.39. The summed E-state index contributed by atoms with van der Waals surface area (Å²) in [5.74, 6) is 0.0237. The van der Waals surface area contributed by atoms with Gasteiger partial charge in [-0.1, -0.05) is 42.5 Å². The Kier molecular flexibility index (Phi) is 4.18. The van der Waals surface area contributed by atoms with E-state index in [0.717, 1.165) is 29.0 Å². The molecule has 1 aliphatic rings. The number of hydrogen-bond acceptors (Lipinski definition) is 2. The number of fused-ring (bicyclic) bond motifs is 1. The standard InChI is InChI=1S/C21H19NOS/c23-21(20-19-9-5-4-8-17(19)14-24-20)22-18-12-10-16(11-13-18)15-6-2-1-3-7-15/h1-3,6-7,10-14H,4-5,8-9H2,(H,22,23). The molecule has 0 bridgehead atoms. The minimum Gasteiger partial charge on any atom is -0.321 e. The van der Waals surface area contributed by atoms with Gasteiger partial charge in [0.1, 0.15) is 0 Å². The van der Waals surface area contributed by atoms with Crippen molar-refractivity contribution in [3.8, 4) is 11.1 Å². The van der Waals surface area contributed by atoms with Crippen LogP contribution in [0.4, 0.5) is 5.69 Å². The van der Waals surface area contributed by atoms with Crippen molar-refractivity contribution in [1.29, 1.82) is 0 Å². The van der Waals surface area contributed by atoms with Crippen molar-refractivity contribution in [2.24, 2.45) is 0 Å². The highest BCUT2D eigenvalue weighted by Gasteiger charge is 2.20. The number of nitrogens with one attached hydrogen (secondary N) is 1. The predicted octanol–water partition coefficient (Wildman–Crippen LogP) is 5.55. The van der Waals surface area contributed by atoms with Crippen LogP contribution < -0.4 is 5.32 Å². The van der Waals surface area contributed by atoms with Crippen molar-refractivity contribution < 1.29 is 4.79 Å². The van der Waals surface area contributed by atoms with E-state index in [9.17, 15) is 4.79 Å². The van der Waals surface area contributed by atoms with Crippen molar-refractivity contribution in [1.82, 2.24) is 0 Å². The molecule has 4 rings (SSSR count). The molecule has 2 aromatic carbocycles. The number of benzene rings is 2. The Balaban J connectivity index is 1.51. The number of carbonyl (C=O) groups is 1. The summed E-state index contributed by atoms with van der Waals surface area (Å²) in [6.07, 6.45) is 4.58. The molecule has 0 radical (unpaired) electrons. The van der Waals surface area contributed by atoms with E-state index in [2.05, 4.69) is 35.0 Å². The summed E-state index contributed by atoms with van der Waals surface area (Å²) in [5.41, 5.74) is 5.82. The van der Waals surface area contributed by atoms with Gasteiger partial charge in [0.25, 0.3) is 5.91 Å². The summed E-state index contributed by atoms with van der Waals surface area (Å²) in [6, 6.07) is 18.3. The molecule has 1 N–H and O–H groups in total. The second kappa shape index (κ2) is 6.62. The lowest BCUT2D eigenvalue weighted by atomic mass is 9.94. The Morgan fingerprint density at radius 3 is 2.38 bits per heavy atom. The van der Waals surface area contributed by atoms with Crippen molar-refractivity contribution in [2.75, 3.05) is 5.32 Å². The van der Waals surface area contributed by atoms with E-state index in [0.29, 0.717) is 0 Å². The van der Waals surface area contributed by atoms with Crippen LogP contribution in [-0.2, 0) is 12.8 Å². The summed E-state index contributed by atoms with van der Waals surface area (Å²) >= 11 is 1.58. The average molecular weight is 333 g/mol. The van der Waals surface area contributed by atoms with E-state index in [1.54, 1.807) is 11.3 Å². The Morgan fingerprint density at radius 1 is 0.875 bits per heavy atom. The molecule has 0 spiro atoms. The highest BCUT2D eigenvalue weighted by Crippen LogP contribution is 2.30. The van der Waals surface area contributed by atoms with Crippen LogP contribution in [0.1, 0.15) is 33.6 Å². The van der Waals surface area contributed by atoms with Crippen molar-refractivity contribution in [3.05, 3.63) is 76.0 Å². The fraction of sp³-hybridized carbons (Fsp3) is 0.190. The minimum absolute atomic E-state index is 0.0237. The molecule has 0 atom stereocenters. The molecule has 1 aromatic heterocycles. The molecule has 1 aliphatic carbocycles. The molecule has 24 heavy (non-hydrogen) atoms. The van der Waals surface area contributed by atoms with Gasteiger partial charge in [-0.15, -0.1) is 11.3 Å². The Labute approximate surface area is 146 Å². The fourth-order valence-corrected chi connectivity index (χ4v) is 4.33. The molecule has 0 fully saturated rings. The van der Waals surface area contributed by atoms with E-state index in [1.165, 1.54) is 29.5 Å². The first-order valence-electron chi connectivity index (χ1n) is 8.37. The van der Waals surface area contributed by atoms with Crippen molar-refractivity contribution >= 4 is 22.9 Å². The van der Waals surface area contributed by atoms with Crippen LogP contribution in [0.3, 0.4) is 0 Å². The maximum atomic E-state index is 12.6. The molecular formula is C21H19NOS. The molecular weight excluding hydrogens is 314 g/mol. The predicted molar refractivity (Wildman–Crippen MR) is 101 cm³/mol. The molecule has 0 aliphatic heterocycles. The van der Waals surface area contributed by atoms with Crippen LogP contribution in [0.15, 0.2) is 60.0 Å². The van der Waals surface area contributed by atoms with Crippen LogP contribution in [-0.4, -0.2) is 5.91 Å². The van der Waals surface area contributed by atoms with E-state index < -0.39 is 0 Å². The normalized spacial score (nSPS) is 13.3. The van der Waals surface area contributed by atoms with Gasteiger partial charge in [0.15, 0.2) is 0 Å². The third-order valence-electron chi connectivity index (χ3n) is 4.56. The first kappa shape index (κ1) is 15.2. The summed E-state index contributed by atoms with van der Waals surface area (Å²) in [7, 11) is 0. The zero-order valence-electron chi connectivity index (χ0n) is 13.4. The van der Waals surface area contributed by atoms with Crippen molar-refractivity contribution in [2.45, 2.75) is 25.7 Å². The third-order valence-corrected chi connectivity index (χ3v) is 5.63. The molecule has 1 amide bonds. The molecule has 0 saturated carbocycles. The quantitative estimate of drug-likeness (QED) is 0.669. The second-order valence-corrected chi connectivity index (χ2v) is 7.05. The number of rotatable bonds is 3. The smallest absolute Gasteiger partial charge is 0.266 e.